The SMILES string of the molecule is c1ccc2cc3c(cc2c1)C1=NC3=Nc2c3cc4ccccc4cc3c3[n]2[Ga]([O]CC[O][Ga]2[n]4c5c6cc7ccccc7cc6c4NC4N=C(N=c6c7cc8ccccc8cc7c([n]62)=NC2=NC(=N5)c5cc6ccccc6cc52)c2cc5ccccc5cc24)[n]2c(c4cc5ccccc5cc4c2=NC2=NC(=N3)c3cc4ccccc4cc32)=N1. The maximum atomic E-state index is 8.37. The van der Waals surface area contributed by atoms with Crippen LogP contribution in [-0.2, 0) is 7.06 Å². The Morgan fingerprint density at radius 2 is 0.483 bits per heavy atom. The van der Waals surface area contributed by atoms with Crippen LogP contribution in [-0.4, -0.2) is 101 Å². The van der Waals surface area contributed by atoms with Crippen LogP contribution in [0.1, 0.15) is 50.7 Å². The summed E-state index contributed by atoms with van der Waals surface area (Å²) in [6.45, 7) is 0.149. The number of nitrogens with zero attached hydrogens (tertiary/aromatic N) is 15. The van der Waals surface area contributed by atoms with E-state index in [1.807, 2.05) is 0 Å². The topological polar surface area (TPSA) is 186 Å². The van der Waals surface area contributed by atoms with E-state index in [0.29, 0.717) is 80.3 Å². The van der Waals surface area contributed by atoms with Gasteiger partial charge in [-0.15, -0.1) is 0 Å². The molecule has 1 N–H and O–H groups in total. The van der Waals surface area contributed by atoms with Crippen molar-refractivity contribution < 1.29 is 7.06 Å². The van der Waals surface area contributed by atoms with Gasteiger partial charge in [0.25, 0.3) is 0 Å². The molecule has 28 rings (SSSR count). The van der Waals surface area contributed by atoms with E-state index in [4.69, 9.17) is 62.0 Å². The maximum absolute atomic E-state index is 8.37. The fourth-order valence-corrected chi connectivity index (χ4v) is 29.9. The molecule has 12 bridgehead atoms. The van der Waals surface area contributed by atoms with Gasteiger partial charge in [-0.05, 0) is 0 Å². The number of aromatic nitrogens is 4. The fraction of sp³-hybridized carbons (Fsp3) is 0.0306. The van der Waals surface area contributed by atoms with Gasteiger partial charge in [0.1, 0.15) is 0 Å². The zero-order chi connectivity index (χ0) is 76.4. The van der Waals surface area contributed by atoms with Gasteiger partial charge in [0.2, 0.25) is 0 Å². The van der Waals surface area contributed by atoms with E-state index in [1.54, 1.807) is 0 Å². The summed E-state index contributed by atoms with van der Waals surface area (Å²) in [5.74, 6) is 6.66. The van der Waals surface area contributed by atoms with Crippen molar-refractivity contribution in [3.8, 4) is 0 Å². The second-order valence-corrected chi connectivity index (χ2v) is 40.0. The molecule has 4 aromatic heterocycles. The quantitative estimate of drug-likeness (QED) is 0.133. The van der Waals surface area contributed by atoms with Crippen LogP contribution in [0.2, 0.25) is 0 Å². The Hall–Kier alpha value is -14.4. The standard InChI is InChI=1S/C48H26N8.C48H24N8.C2H4O2.2Ga/c2*1-2-10-26-18-34-33(17-25(26)9-1)41-49-42(34)54-44-37-21-29-13-5-6-14-30(29)22-38(37)46(51-44)56-48-40-24-32-16-8-7-15-31(32)23-39(40)47(52-48)55-45-36-20-28-12-4-3-11-27(28)19-35(36)43(50-45)53-41;3-1-2-4;;/h1-24,41,53H;1-24H;1-2H2;;/q3*-2;2*+3. The average Bonchev–Trinajstić information content (AvgIpc) is 1.55. The van der Waals surface area contributed by atoms with Gasteiger partial charge in [-0.3, -0.25) is 0 Å². The summed E-state index contributed by atoms with van der Waals surface area (Å²) in [6, 6.07) is 104. The summed E-state index contributed by atoms with van der Waals surface area (Å²) in [5, 5.41) is 28.4. The summed E-state index contributed by atoms with van der Waals surface area (Å²) in [5.41, 5.74) is 9.86. The molecule has 0 radical (unpaired) electrons. The predicted molar refractivity (Wildman–Crippen MR) is 474 cm³/mol. The molecule has 0 aliphatic carbocycles. The molecule has 544 valence electrons. The Labute approximate surface area is 679 Å². The molecular formula is C98H54Ga2N16O2. The first-order valence-electron chi connectivity index (χ1n) is 39.8. The van der Waals surface area contributed by atoms with Gasteiger partial charge in [-0.1, -0.05) is 0 Å². The minimum atomic E-state index is -4.47. The summed E-state index contributed by atoms with van der Waals surface area (Å²) in [7, 11) is 0. The first-order valence-corrected chi connectivity index (χ1v) is 46.1. The molecule has 12 heterocycles. The minimum absolute atomic E-state index is 0.0719. The zero-order valence-corrected chi connectivity index (χ0v) is 67.2. The van der Waals surface area contributed by atoms with Crippen LogP contribution in [0.3, 0.4) is 0 Å². The van der Waals surface area contributed by atoms with Gasteiger partial charge in [0, 0.05) is 0 Å². The Morgan fingerprint density at radius 3 is 0.814 bits per heavy atom. The number of hydrogen-bond acceptors (Lipinski definition) is 14. The van der Waals surface area contributed by atoms with Gasteiger partial charge < -0.3 is 0 Å². The fourth-order valence-electron chi connectivity index (χ4n) is 19.5. The van der Waals surface area contributed by atoms with E-state index < -0.39 is 40.3 Å². The van der Waals surface area contributed by atoms with Crippen molar-refractivity contribution in [2.75, 3.05) is 18.5 Å². The Bertz CT molecular complexity index is 8550. The van der Waals surface area contributed by atoms with E-state index in [1.165, 1.54) is 0 Å². The number of hydrogen-bond donors (Lipinski definition) is 1. The van der Waals surface area contributed by atoms with Crippen molar-refractivity contribution in [1.29, 1.82) is 0 Å². The summed E-state index contributed by atoms with van der Waals surface area (Å²) < 4.78 is 26.2. The Kier molecular flexibility index (Phi) is 12.8. The van der Waals surface area contributed by atoms with Gasteiger partial charge in [-0.25, -0.2) is 0 Å². The summed E-state index contributed by atoms with van der Waals surface area (Å²) in [6.07, 6.45) is -0.588. The first kappa shape index (κ1) is 64.0. The molecule has 0 saturated carbocycles. The number of rotatable bonds is 5. The van der Waals surface area contributed by atoms with E-state index in [2.05, 4.69) is 310 Å². The molecule has 16 aromatic carbocycles. The van der Waals surface area contributed by atoms with Gasteiger partial charge in [-0.2, -0.15) is 0 Å². The molecule has 0 amide bonds. The van der Waals surface area contributed by atoms with Crippen LogP contribution in [0.4, 0.5) is 23.3 Å². The summed E-state index contributed by atoms with van der Waals surface area (Å²) >= 11 is -8.90. The number of anilines is 1. The first-order chi connectivity index (χ1) is 58.4. The van der Waals surface area contributed by atoms with Crippen LogP contribution in [0.25, 0.3) is 129 Å². The molecule has 1 atom stereocenters. The number of fused-ring (bicyclic) bond motifs is 36. The molecule has 8 aliphatic rings. The number of nitrogens with one attached hydrogen (secondary N) is 1. The molecular weight excluding hydrogens is 1570 g/mol. The average molecular weight is 1630 g/mol. The molecule has 1 unspecified atom stereocenters. The van der Waals surface area contributed by atoms with E-state index in [9.17, 15) is 0 Å². The third-order valence-corrected chi connectivity index (χ3v) is 35.1. The van der Waals surface area contributed by atoms with Crippen LogP contribution in [0, 0.1) is 0 Å². The Morgan fingerprint density at radius 1 is 0.237 bits per heavy atom. The number of amidine groups is 7. The van der Waals surface area contributed by atoms with Crippen molar-refractivity contribution in [1.82, 2.24) is 13.1 Å². The van der Waals surface area contributed by atoms with E-state index in [-0.39, 0.29) is 13.2 Å². The normalized spacial score (nSPS) is 15.7. The van der Waals surface area contributed by atoms with Crippen LogP contribution in [0.5, 0.6) is 0 Å². The van der Waals surface area contributed by atoms with Crippen molar-refractivity contribution in [3.63, 3.8) is 0 Å². The van der Waals surface area contributed by atoms with Gasteiger partial charge >= 0.3 is 685 Å². The van der Waals surface area contributed by atoms with Crippen molar-refractivity contribution >= 4 is 228 Å². The molecule has 20 aromatic rings. The van der Waals surface area contributed by atoms with E-state index >= 15 is 0 Å². The number of aliphatic imine (C=N–C) groups is 7. The third kappa shape index (κ3) is 9.08. The molecule has 8 aliphatic heterocycles. The van der Waals surface area contributed by atoms with Crippen molar-refractivity contribution in [2.45, 2.75) is 6.17 Å². The van der Waals surface area contributed by atoms with Crippen molar-refractivity contribution in [2.24, 2.45) is 54.9 Å². The molecule has 0 saturated heterocycles. The molecule has 118 heavy (non-hydrogen) atoms. The third-order valence-electron chi connectivity index (χ3n) is 25.0. The van der Waals surface area contributed by atoms with Gasteiger partial charge in [0.05, 0.1) is 0 Å². The molecule has 0 fully saturated rings. The molecule has 18 nitrogen and oxygen atoms in total. The molecule has 0 spiro atoms. The van der Waals surface area contributed by atoms with E-state index in [0.717, 1.165) is 180 Å². The second-order valence-electron chi connectivity index (χ2n) is 31.5. The van der Waals surface area contributed by atoms with Crippen molar-refractivity contribution in [3.05, 3.63) is 358 Å². The molecule has 20 heteroatoms. The predicted octanol–water partition coefficient (Wildman–Crippen LogP) is 18.1. The van der Waals surface area contributed by atoms with Crippen LogP contribution < -0.4 is 27.3 Å². The number of benzene rings is 16. The zero-order valence-electron chi connectivity index (χ0n) is 62.4. The monoisotopic (exact) mass is 1620 g/mol. The summed E-state index contributed by atoms with van der Waals surface area (Å²) in [4.78, 5) is 64.3. The van der Waals surface area contributed by atoms with Crippen LogP contribution >= 0.6 is 0 Å². The van der Waals surface area contributed by atoms with Crippen LogP contribution in [0.15, 0.2) is 346 Å². The van der Waals surface area contributed by atoms with Gasteiger partial charge in [0.15, 0.2) is 0 Å². The second kappa shape index (κ2) is 23.7. The Balaban J connectivity index is 0.728.